The summed E-state index contributed by atoms with van der Waals surface area (Å²) in [5.74, 6) is -0.509. The van der Waals surface area contributed by atoms with Gasteiger partial charge in [0.15, 0.2) is 0 Å². The fourth-order valence-corrected chi connectivity index (χ4v) is 4.48. The molecule has 0 saturated carbocycles. The number of halogens is 3. The number of likely N-dealkylation sites (tertiary alicyclic amines) is 1. The lowest BCUT2D eigenvalue weighted by atomic mass is 10.1. The predicted octanol–water partition coefficient (Wildman–Crippen LogP) is 3.94. The van der Waals surface area contributed by atoms with E-state index in [-0.39, 0.29) is 18.6 Å². The van der Waals surface area contributed by atoms with Gasteiger partial charge in [0.1, 0.15) is 5.69 Å². The third-order valence-electron chi connectivity index (χ3n) is 6.37. The Kier molecular flexibility index (Phi) is 6.47. The summed E-state index contributed by atoms with van der Waals surface area (Å²) >= 11 is 0. The maximum atomic E-state index is 13.2. The third-order valence-corrected chi connectivity index (χ3v) is 6.37. The van der Waals surface area contributed by atoms with E-state index in [1.165, 1.54) is 6.07 Å². The molecule has 0 spiro atoms. The maximum absolute atomic E-state index is 13.2. The largest absolute Gasteiger partial charge is 0.417 e. The number of alkyl halides is 3. The Morgan fingerprint density at radius 3 is 2.70 bits per heavy atom. The molecule has 7 nitrogen and oxygen atoms in total. The minimum absolute atomic E-state index is 0.0985. The van der Waals surface area contributed by atoms with Crippen molar-refractivity contribution in [3.8, 4) is 0 Å². The first-order valence-corrected chi connectivity index (χ1v) is 11.2. The van der Waals surface area contributed by atoms with E-state index in [4.69, 9.17) is 4.74 Å². The van der Waals surface area contributed by atoms with Crippen LogP contribution in [0.25, 0.3) is 0 Å². The molecule has 0 aromatic carbocycles. The number of ether oxygens (including phenoxy) is 1. The molecule has 2 amide bonds. The van der Waals surface area contributed by atoms with E-state index in [0.717, 1.165) is 25.1 Å². The van der Waals surface area contributed by atoms with E-state index in [1.54, 1.807) is 6.07 Å². The molecule has 0 bridgehead atoms. The Bertz CT molecular complexity index is 1030. The maximum Gasteiger partial charge on any atom is 0.417 e. The lowest BCUT2D eigenvalue weighted by Crippen LogP contribution is -2.35. The summed E-state index contributed by atoms with van der Waals surface area (Å²) in [5.41, 5.74) is 0.933. The number of hydrogen-bond acceptors (Lipinski definition) is 4. The fourth-order valence-electron chi connectivity index (χ4n) is 4.48. The highest BCUT2D eigenvalue weighted by atomic mass is 19.4. The topological polar surface area (TPSA) is 76.5 Å². The molecule has 2 aromatic rings. The van der Waals surface area contributed by atoms with Crippen LogP contribution in [0.1, 0.15) is 76.9 Å². The van der Waals surface area contributed by atoms with Gasteiger partial charge in [-0.15, -0.1) is 0 Å². The molecule has 10 heteroatoms. The van der Waals surface area contributed by atoms with E-state index in [0.29, 0.717) is 48.8 Å². The van der Waals surface area contributed by atoms with Crippen LogP contribution in [-0.2, 0) is 24.1 Å². The lowest BCUT2D eigenvalue weighted by Gasteiger charge is -2.24. The molecule has 33 heavy (non-hydrogen) atoms. The number of nitrogens with one attached hydrogen (secondary N) is 1. The summed E-state index contributed by atoms with van der Waals surface area (Å²) < 4.78 is 45.9. The molecule has 2 aliphatic rings. The Morgan fingerprint density at radius 1 is 1.30 bits per heavy atom. The van der Waals surface area contributed by atoms with E-state index >= 15 is 0 Å². The van der Waals surface area contributed by atoms with Crippen LogP contribution in [0.5, 0.6) is 0 Å². The van der Waals surface area contributed by atoms with Gasteiger partial charge in [-0.1, -0.05) is 6.92 Å². The molecule has 2 aromatic heterocycles. The molecule has 4 heterocycles. The summed E-state index contributed by atoms with van der Waals surface area (Å²) in [6.07, 6.45) is -1.36. The molecule has 4 rings (SSSR count). The monoisotopic (exact) mass is 464 g/mol. The van der Waals surface area contributed by atoms with Crippen LogP contribution in [0.4, 0.5) is 13.2 Å². The number of amides is 2. The lowest BCUT2D eigenvalue weighted by molar-refractivity contribution is -0.137. The molecule has 1 N–H and O–H groups in total. The van der Waals surface area contributed by atoms with Gasteiger partial charge in [-0.05, 0) is 44.4 Å². The second kappa shape index (κ2) is 9.17. The normalized spacial score (nSPS) is 19.3. The van der Waals surface area contributed by atoms with Crippen molar-refractivity contribution in [3.63, 3.8) is 0 Å². The second-order valence-electron chi connectivity index (χ2n) is 8.49. The van der Waals surface area contributed by atoms with Crippen LogP contribution >= 0.6 is 0 Å². The van der Waals surface area contributed by atoms with Crippen molar-refractivity contribution in [3.05, 3.63) is 52.6 Å². The van der Waals surface area contributed by atoms with Crippen LogP contribution in [0.2, 0.25) is 0 Å². The van der Waals surface area contributed by atoms with Crippen molar-refractivity contribution in [2.75, 3.05) is 13.2 Å². The van der Waals surface area contributed by atoms with Crippen LogP contribution in [0, 0.1) is 0 Å². The van der Waals surface area contributed by atoms with Crippen molar-refractivity contribution in [2.45, 2.75) is 64.5 Å². The second-order valence-corrected chi connectivity index (χ2v) is 8.49. The van der Waals surface area contributed by atoms with Crippen molar-refractivity contribution >= 4 is 11.8 Å². The van der Waals surface area contributed by atoms with Gasteiger partial charge in [0.05, 0.1) is 41.8 Å². The Labute approximate surface area is 189 Å². The fraction of sp³-hybridized carbons (Fsp3) is 0.522. The number of pyridine rings is 1. The summed E-state index contributed by atoms with van der Waals surface area (Å²) in [5, 5.41) is 2.86. The van der Waals surface area contributed by atoms with Gasteiger partial charge in [0.2, 0.25) is 0 Å². The smallest absolute Gasteiger partial charge is 0.373 e. The SMILES string of the molecule is CCC(NC(=O)c1cc(C(=O)N2CCCC2C)n2c1COCC2)c1ccc(C(F)(F)F)cn1. The number of carbonyl (C=O) groups is 2. The minimum Gasteiger partial charge on any atom is -0.373 e. The highest BCUT2D eigenvalue weighted by molar-refractivity contribution is 6.01. The van der Waals surface area contributed by atoms with Crippen LogP contribution < -0.4 is 5.32 Å². The third kappa shape index (κ3) is 4.62. The number of carbonyl (C=O) groups excluding carboxylic acids is 2. The molecule has 0 aliphatic carbocycles. The Balaban J connectivity index is 1.58. The van der Waals surface area contributed by atoms with Gasteiger partial charge < -0.3 is 19.5 Å². The number of nitrogens with zero attached hydrogens (tertiary/aromatic N) is 3. The minimum atomic E-state index is -4.47. The first kappa shape index (κ1) is 23.3. The summed E-state index contributed by atoms with van der Waals surface area (Å²) in [4.78, 5) is 32.2. The molecule has 178 valence electrons. The van der Waals surface area contributed by atoms with Gasteiger partial charge in [0.25, 0.3) is 11.8 Å². The van der Waals surface area contributed by atoms with E-state index in [2.05, 4.69) is 10.3 Å². The first-order valence-electron chi connectivity index (χ1n) is 11.2. The molecule has 2 atom stereocenters. The van der Waals surface area contributed by atoms with Crippen molar-refractivity contribution in [1.29, 1.82) is 0 Å². The molecule has 1 fully saturated rings. The Hall–Kier alpha value is -2.88. The van der Waals surface area contributed by atoms with Crippen molar-refractivity contribution in [2.24, 2.45) is 0 Å². The zero-order valence-corrected chi connectivity index (χ0v) is 18.6. The van der Waals surface area contributed by atoms with E-state index in [1.807, 2.05) is 23.3 Å². The van der Waals surface area contributed by atoms with Crippen molar-refractivity contribution in [1.82, 2.24) is 19.8 Å². The van der Waals surface area contributed by atoms with Crippen molar-refractivity contribution < 1.29 is 27.5 Å². The van der Waals surface area contributed by atoms with Gasteiger partial charge in [-0.3, -0.25) is 14.6 Å². The van der Waals surface area contributed by atoms with E-state index < -0.39 is 23.7 Å². The molecular formula is C23H27F3N4O3. The number of rotatable bonds is 5. The highest BCUT2D eigenvalue weighted by Crippen LogP contribution is 2.30. The van der Waals surface area contributed by atoms with Gasteiger partial charge in [0, 0.05) is 25.3 Å². The predicted molar refractivity (Wildman–Crippen MR) is 114 cm³/mol. The molecule has 2 aliphatic heterocycles. The van der Waals surface area contributed by atoms with Gasteiger partial charge in [-0.2, -0.15) is 13.2 Å². The quantitative estimate of drug-likeness (QED) is 0.727. The van der Waals surface area contributed by atoms with Gasteiger partial charge in [-0.25, -0.2) is 0 Å². The molecular weight excluding hydrogens is 437 g/mol. The first-order chi connectivity index (χ1) is 15.7. The highest BCUT2D eigenvalue weighted by Gasteiger charge is 2.33. The summed E-state index contributed by atoms with van der Waals surface area (Å²) in [6, 6.07) is 3.42. The molecule has 2 unspecified atom stereocenters. The zero-order valence-electron chi connectivity index (χ0n) is 18.6. The molecule has 1 saturated heterocycles. The van der Waals surface area contributed by atoms with Gasteiger partial charge >= 0.3 is 6.18 Å². The average Bonchev–Trinajstić information content (AvgIpc) is 3.40. The Morgan fingerprint density at radius 2 is 2.09 bits per heavy atom. The van der Waals surface area contributed by atoms with Crippen LogP contribution in [0.3, 0.4) is 0 Å². The summed E-state index contributed by atoms with van der Waals surface area (Å²) in [6.45, 7) is 5.66. The number of fused-ring (bicyclic) bond motifs is 1. The summed E-state index contributed by atoms with van der Waals surface area (Å²) in [7, 11) is 0. The number of aromatic nitrogens is 2. The van der Waals surface area contributed by atoms with Crippen LogP contribution in [-0.4, -0.2) is 45.5 Å². The zero-order chi connectivity index (χ0) is 23.8. The standard InChI is InChI=1S/C23H27F3N4O3/c1-3-17(18-7-6-15(12-27-18)23(24,25)26)28-21(31)16-11-19(30-9-10-33-13-20(16)30)22(32)29-8-4-5-14(29)2/h6-7,11-12,14,17H,3-5,8-10,13H2,1-2H3,(H,28,31). The molecule has 0 radical (unpaired) electrons. The number of hydrogen-bond donors (Lipinski definition) is 1. The average molecular weight is 464 g/mol. The van der Waals surface area contributed by atoms with E-state index in [9.17, 15) is 22.8 Å². The van der Waals surface area contributed by atoms with Crippen LogP contribution in [0.15, 0.2) is 24.4 Å².